The summed E-state index contributed by atoms with van der Waals surface area (Å²) in [6.45, 7) is 5.89. The highest BCUT2D eigenvalue weighted by molar-refractivity contribution is 6.04. The lowest BCUT2D eigenvalue weighted by Gasteiger charge is -2.37. The van der Waals surface area contributed by atoms with Crippen LogP contribution in [0.1, 0.15) is 63.0 Å². The number of carbonyl (C=O) groups is 2. The first-order valence-corrected chi connectivity index (χ1v) is 11.9. The highest BCUT2D eigenvalue weighted by Gasteiger charge is 2.42. The quantitative estimate of drug-likeness (QED) is 0.626. The van der Waals surface area contributed by atoms with Crippen LogP contribution in [0, 0.1) is 0 Å². The number of Topliss-reactive ketones (excluding diaryl/α,β-unsaturated/α-hetero) is 1. The van der Waals surface area contributed by atoms with Gasteiger partial charge in [-0.3, -0.25) is 4.79 Å². The van der Waals surface area contributed by atoms with E-state index in [0.29, 0.717) is 41.9 Å². The molecule has 3 aliphatic rings. The highest BCUT2D eigenvalue weighted by Crippen LogP contribution is 2.47. The zero-order valence-corrected chi connectivity index (χ0v) is 19.7. The molecular weight excluding hydrogens is 430 g/mol. The molecule has 2 aromatic rings. The second kappa shape index (κ2) is 9.01. The number of fused-ring (bicyclic) bond motifs is 1. The number of hydrogen-bond donors (Lipinski definition) is 1. The maximum atomic E-state index is 13.7. The molecule has 6 heteroatoms. The highest BCUT2D eigenvalue weighted by atomic mass is 16.7. The lowest BCUT2D eigenvalue weighted by atomic mass is 9.71. The third-order valence-corrected chi connectivity index (χ3v) is 6.93. The molecule has 0 fully saturated rings. The van der Waals surface area contributed by atoms with E-state index in [4.69, 9.17) is 14.2 Å². The molecule has 3 atom stereocenters. The van der Waals surface area contributed by atoms with Gasteiger partial charge < -0.3 is 19.5 Å². The maximum absolute atomic E-state index is 13.7. The average molecular weight is 460 g/mol. The summed E-state index contributed by atoms with van der Waals surface area (Å²) in [5, 5.41) is 3.40. The third-order valence-electron chi connectivity index (χ3n) is 6.93. The lowest BCUT2D eigenvalue weighted by Crippen LogP contribution is -2.36. The summed E-state index contributed by atoms with van der Waals surface area (Å²) in [7, 11) is 0. The van der Waals surface area contributed by atoms with Gasteiger partial charge in [0.1, 0.15) is 0 Å². The van der Waals surface area contributed by atoms with Gasteiger partial charge in [-0.25, -0.2) is 4.79 Å². The van der Waals surface area contributed by atoms with Gasteiger partial charge in [0, 0.05) is 29.3 Å². The van der Waals surface area contributed by atoms with Gasteiger partial charge in [0.05, 0.1) is 11.7 Å². The van der Waals surface area contributed by atoms with Crippen molar-refractivity contribution < 1.29 is 23.8 Å². The largest absolute Gasteiger partial charge is 0.459 e. The second-order valence-corrected chi connectivity index (χ2v) is 9.16. The van der Waals surface area contributed by atoms with Crippen LogP contribution in [0.3, 0.4) is 0 Å². The summed E-state index contributed by atoms with van der Waals surface area (Å²) in [5.74, 6) is 0.509. The van der Waals surface area contributed by atoms with Crippen LogP contribution < -0.4 is 14.8 Å². The molecule has 0 unspecified atom stereocenters. The van der Waals surface area contributed by atoms with E-state index in [2.05, 4.69) is 17.4 Å². The van der Waals surface area contributed by atoms with Crippen LogP contribution in [0.15, 0.2) is 71.1 Å². The van der Waals surface area contributed by atoms with E-state index in [1.807, 2.05) is 57.2 Å². The number of allylic oxidation sites excluding steroid dienone is 3. The number of hydrogen-bond acceptors (Lipinski definition) is 6. The summed E-state index contributed by atoms with van der Waals surface area (Å²) >= 11 is 0. The van der Waals surface area contributed by atoms with Gasteiger partial charge in [-0.15, -0.1) is 0 Å². The minimum atomic E-state index is -0.522. The van der Waals surface area contributed by atoms with Crippen LogP contribution in [0.2, 0.25) is 0 Å². The Labute approximate surface area is 199 Å². The Balaban J connectivity index is 1.59. The molecule has 2 aromatic carbocycles. The van der Waals surface area contributed by atoms with Crippen LogP contribution in [-0.2, 0) is 14.3 Å². The monoisotopic (exact) mass is 459 g/mol. The number of benzene rings is 2. The molecule has 176 valence electrons. The van der Waals surface area contributed by atoms with Crippen molar-refractivity contribution in [1.82, 2.24) is 5.32 Å². The van der Waals surface area contributed by atoms with E-state index in [0.717, 1.165) is 22.5 Å². The van der Waals surface area contributed by atoms with Gasteiger partial charge >= 0.3 is 5.97 Å². The minimum Gasteiger partial charge on any atom is -0.459 e. The van der Waals surface area contributed by atoms with E-state index in [1.54, 1.807) is 0 Å². The average Bonchev–Trinajstić information content (AvgIpc) is 3.31. The topological polar surface area (TPSA) is 73.9 Å². The molecule has 0 saturated carbocycles. The molecule has 0 bridgehead atoms. The molecule has 0 amide bonds. The van der Waals surface area contributed by atoms with E-state index in [-0.39, 0.29) is 24.6 Å². The summed E-state index contributed by atoms with van der Waals surface area (Å²) in [4.78, 5) is 27.0. The standard InChI is InChI=1S/C28H29NO5/c1-4-16(2)34-28(31)25-17(3)29-21-12-20(18-8-6-5-7-9-18)13-22(30)27(21)26(25)19-10-11-23-24(14-19)33-15-32-23/h5-11,14,16,20,26,29H,4,12-13,15H2,1-3H3/t16-,20+,26+/m1/s1. The number of ether oxygens (including phenoxy) is 3. The van der Waals surface area contributed by atoms with Gasteiger partial charge in [0.2, 0.25) is 6.79 Å². The van der Waals surface area contributed by atoms with Crippen LogP contribution in [0.4, 0.5) is 0 Å². The minimum absolute atomic E-state index is 0.0478. The smallest absolute Gasteiger partial charge is 0.337 e. The van der Waals surface area contributed by atoms with Crippen molar-refractivity contribution in [2.75, 3.05) is 6.79 Å². The Kier molecular flexibility index (Phi) is 5.90. The lowest BCUT2D eigenvalue weighted by molar-refractivity contribution is -0.144. The summed E-state index contributed by atoms with van der Waals surface area (Å²) < 4.78 is 16.8. The van der Waals surface area contributed by atoms with Crippen molar-refractivity contribution >= 4 is 11.8 Å². The Morgan fingerprint density at radius 3 is 2.62 bits per heavy atom. The van der Waals surface area contributed by atoms with Crippen LogP contribution in [-0.4, -0.2) is 24.6 Å². The van der Waals surface area contributed by atoms with Gasteiger partial charge in [-0.1, -0.05) is 43.3 Å². The molecule has 0 saturated heterocycles. The fourth-order valence-electron chi connectivity index (χ4n) is 5.03. The Bertz CT molecular complexity index is 1200. The first kappa shape index (κ1) is 22.3. The summed E-state index contributed by atoms with van der Waals surface area (Å²) in [6.07, 6.45) is 1.60. The van der Waals surface area contributed by atoms with Crippen molar-refractivity contribution in [2.45, 2.75) is 58.0 Å². The molecule has 0 spiro atoms. The molecule has 2 heterocycles. The third kappa shape index (κ3) is 3.98. The van der Waals surface area contributed by atoms with Crippen molar-refractivity contribution in [3.8, 4) is 11.5 Å². The van der Waals surface area contributed by atoms with Gasteiger partial charge in [0.25, 0.3) is 0 Å². The number of dihydropyridines is 1. The fraction of sp³-hybridized carbons (Fsp3) is 0.357. The fourth-order valence-corrected chi connectivity index (χ4v) is 5.03. The molecule has 34 heavy (non-hydrogen) atoms. The van der Waals surface area contributed by atoms with Gasteiger partial charge in [-0.05, 0) is 55.9 Å². The molecule has 1 N–H and O–H groups in total. The molecular formula is C28H29NO5. The Morgan fingerprint density at radius 2 is 1.85 bits per heavy atom. The molecule has 0 radical (unpaired) electrons. The zero-order valence-electron chi connectivity index (χ0n) is 19.7. The number of ketones is 1. The van der Waals surface area contributed by atoms with E-state index < -0.39 is 11.9 Å². The van der Waals surface area contributed by atoms with Crippen molar-refractivity contribution in [1.29, 1.82) is 0 Å². The van der Waals surface area contributed by atoms with E-state index in [9.17, 15) is 9.59 Å². The van der Waals surface area contributed by atoms with Crippen LogP contribution >= 0.6 is 0 Å². The number of rotatable bonds is 5. The maximum Gasteiger partial charge on any atom is 0.337 e. The molecule has 1 aliphatic carbocycles. The molecule has 5 rings (SSSR count). The van der Waals surface area contributed by atoms with Crippen molar-refractivity contribution in [3.63, 3.8) is 0 Å². The van der Waals surface area contributed by atoms with Gasteiger partial charge in [-0.2, -0.15) is 0 Å². The number of nitrogens with one attached hydrogen (secondary N) is 1. The molecule has 0 aromatic heterocycles. The van der Waals surface area contributed by atoms with E-state index in [1.165, 1.54) is 0 Å². The predicted molar refractivity (Wildman–Crippen MR) is 127 cm³/mol. The first-order valence-electron chi connectivity index (χ1n) is 11.9. The second-order valence-electron chi connectivity index (χ2n) is 9.16. The number of esters is 1. The SMILES string of the molecule is CC[C@@H](C)OC(=O)C1=C(C)NC2=C(C(=O)C[C@@H](c3ccccc3)C2)[C@H]1c1ccc2c(c1)OCO2. The first-order chi connectivity index (χ1) is 16.5. The zero-order chi connectivity index (χ0) is 23.8. The van der Waals surface area contributed by atoms with Crippen molar-refractivity contribution in [3.05, 3.63) is 82.2 Å². The van der Waals surface area contributed by atoms with Crippen molar-refractivity contribution in [2.24, 2.45) is 0 Å². The number of carbonyl (C=O) groups excluding carboxylic acids is 2. The summed E-state index contributed by atoms with van der Waals surface area (Å²) in [5.41, 5.74) is 4.69. The Morgan fingerprint density at radius 1 is 1.09 bits per heavy atom. The summed E-state index contributed by atoms with van der Waals surface area (Å²) in [6, 6.07) is 15.8. The normalized spacial score (nSPS) is 22.3. The molecule has 6 nitrogen and oxygen atoms in total. The van der Waals surface area contributed by atoms with Gasteiger partial charge in [0.15, 0.2) is 17.3 Å². The van der Waals surface area contributed by atoms with E-state index >= 15 is 0 Å². The predicted octanol–water partition coefficient (Wildman–Crippen LogP) is 5.12. The van der Waals surface area contributed by atoms with Crippen LogP contribution in [0.5, 0.6) is 11.5 Å². The Hall–Kier alpha value is -3.54. The molecule has 2 aliphatic heterocycles. The van der Waals surface area contributed by atoms with Crippen LogP contribution in [0.25, 0.3) is 0 Å².